The minimum atomic E-state index is -1.29. The van der Waals surface area contributed by atoms with Gasteiger partial charge in [-0.05, 0) is 62.1 Å². The predicted molar refractivity (Wildman–Crippen MR) is 77.2 cm³/mol. The molecule has 0 aliphatic heterocycles. The molecule has 0 spiro atoms. The molecule has 1 aliphatic carbocycles. The highest BCUT2D eigenvalue weighted by Gasteiger charge is 2.21. The molecule has 1 saturated carbocycles. The van der Waals surface area contributed by atoms with Crippen molar-refractivity contribution in [2.75, 3.05) is 6.61 Å². The molecule has 1 aliphatic rings. The van der Waals surface area contributed by atoms with E-state index in [1.165, 1.54) is 0 Å². The van der Waals surface area contributed by atoms with E-state index in [-0.39, 0.29) is 12.3 Å². The van der Waals surface area contributed by atoms with Gasteiger partial charge in [0.15, 0.2) is 0 Å². The lowest BCUT2D eigenvalue weighted by Gasteiger charge is -2.28. The maximum atomic E-state index is 8.41. The average Bonchev–Trinajstić information content (AvgIpc) is 2.39. The van der Waals surface area contributed by atoms with Gasteiger partial charge < -0.3 is 4.74 Å². The topological polar surface area (TPSA) is 9.23 Å². The Morgan fingerprint density at radius 2 is 2.00 bits per heavy atom. The zero-order chi connectivity index (χ0) is 15.5. The molecule has 0 heterocycles. The van der Waals surface area contributed by atoms with E-state index in [1.807, 2.05) is 31.2 Å². The van der Waals surface area contributed by atoms with E-state index in [9.17, 15) is 0 Å². The molecule has 0 radical (unpaired) electrons. The monoisotopic (exact) mass is 249 g/mol. The van der Waals surface area contributed by atoms with Crippen molar-refractivity contribution in [3.8, 4) is 5.75 Å². The zero-order valence-corrected chi connectivity index (χ0v) is 11.5. The summed E-state index contributed by atoms with van der Waals surface area (Å²) in [6, 6.07) is 7.63. The van der Waals surface area contributed by atoms with Crippen molar-refractivity contribution in [1.82, 2.24) is 0 Å². The third-order valence-corrected chi connectivity index (χ3v) is 3.58. The van der Waals surface area contributed by atoms with Crippen molar-refractivity contribution in [3.05, 3.63) is 29.8 Å². The summed E-state index contributed by atoms with van der Waals surface area (Å²) in [5, 5.41) is 0. The molecular weight excluding hydrogens is 220 g/mol. The Bertz CT molecular complexity index is 444. The average molecular weight is 249 g/mol. The Labute approximate surface area is 116 Å². The van der Waals surface area contributed by atoms with Crippen LogP contribution in [0.2, 0.25) is 0 Å². The van der Waals surface area contributed by atoms with Gasteiger partial charge in [0, 0.05) is 4.11 Å². The molecule has 1 aromatic carbocycles. The first-order valence-electron chi connectivity index (χ1n) is 8.70. The predicted octanol–water partition coefficient (Wildman–Crippen LogP) is 5.16. The minimum Gasteiger partial charge on any atom is -0.494 e. The van der Waals surface area contributed by atoms with Crippen molar-refractivity contribution in [1.29, 1.82) is 0 Å². The van der Waals surface area contributed by atoms with Gasteiger partial charge in [-0.2, -0.15) is 0 Å². The standard InChI is InChI=1S/C17H26O/c1-3-5-14-6-8-15(9-7-14)16-10-12-17(13-11-16)18-4-2/h10-15H,3-9H2,1-2H3/t14-,15?/i8D,9D2/t8-,14-,15?/m1/s1. The van der Waals surface area contributed by atoms with Crippen LogP contribution in [0, 0.1) is 5.92 Å². The maximum absolute atomic E-state index is 8.41. The second-order valence-electron chi connectivity index (χ2n) is 5.01. The summed E-state index contributed by atoms with van der Waals surface area (Å²) in [4.78, 5) is 0. The molecule has 3 atom stereocenters. The van der Waals surface area contributed by atoms with Crippen LogP contribution in [0.1, 0.15) is 67.9 Å². The Morgan fingerprint density at radius 1 is 1.22 bits per heavy atom. The van der Waals surface area contributed by atoms with E-state index in [2.05, 4.69) is 6.92 Å². The first kappa shape index (κ1) is 9.89. The second kappa shape index (κ2) is 6.82. The molecule has 100 valence electrons. The first-order valence-corrected chi connectivity index (χ1v) is 7.13. The maximum Gasteiger partial charge on any atom is 0.119 e. The number of hydrogen-bond donors (Lipinski definition) is 0. The van der Waals surface area contributed by atoms with Gasteiger partial charge in [-0.25, -0.2) is 0 Å². The van der Waals surface area contributed by atoms with E-state index < -0.39 is 6.37 Å². The smallest absolute Gasteiger partial charge is 0.119 e. The van der Waals surface area contributed by atoms with Crippen molar-refractivity contribution in [2.24, 2.45) is 5.92 Å². The fourth-order valence-corrected chi connectivity index (χ4v) is 2.61. The molecule has 1 fully saturated rings. The van der Waals surface area contributed by atoms with Crippen molar-refractivity contribution in [2.45, 2.75) is 58.2 Å². The second-order valence-corrected chi connectivity index (χ2v) is 5.01. The SMILES string of the molecule is [2H][C@@H]1C[C@@H](CCC)CC([2H])([2H])C1c1ccc(OCC)cc1. The molecule has 0 amide bonds. The highest BCUT2D eigenvalue weighted by Crippen LogP contribution is 2.37. The van der Waals surface area contributed by atoms with Crippen LogP contribution in [0.15, 0.2) is 24.3 Å². The molecule has 0 aromatic heterocycles. The number of hydrogen-bond acceptors (Lipinski definition) is 1. The third-order valence-electron chi connectivity index (χ3n) is 3.58. The molecule has 18 heavy (non-hydrogen) atoms. The highest BCUT2D eigenvalue weighted by atomic mass is 16.5. The Hall–Kier alpha value is -0.980. The molecule has 0 bridgehead atoms. The largest absolute Gasteiger partial charge is 0.494 e. The normalized spacial score (nSPS) is 33.2. The quantitative estimate of drug-likeness (QED) is 0.700. The molecule has 0 N–H and O–H groups in total. The van der Waals surface area contributed by atoms with Crippen LogP contribution in [0.3, 0.4) is 0 Å². The van der Waals surface area contributed by atoms with Gasteiger partial charge >= 0.3 is 0 Å². The molecular formula is C17H26O. The van der Waals surface area contributed by atoms with Gasteiger partial charge in [-0.15, -0.1) is 0 Å². The molecule has 2 rings (SSSR count). The summed E-state index contributed by atoms with van der Waals surface area (Å²) in [6.45, 7) is 4.71. The Morgan fingerprint density at radius 3 is 2.61 bits per heavy atom. The van der Waals surface area contributed by atoms with Gasteiger partial charge in [0.1, 0.15) is 5.75 Å². The number of rotatable bonds is 5. The van der Waals surface area contributed by atoms with Crippen LogP contribution in [0.5, 0.6) is 5.75 Å². The van der Waals surface area contributed by atoms with Crippen molar-refractivity contribution < 1.29 is 8.85 Å². The fraction of sp³-hybridized carbons (Fsp3) is 0.647. The number of ether oxygens (including phenoxy) is 1. The molecule has 1 nitrogen and oxygen atoms in total. The summed E-state index contributed by atoms with van der Waals surface area (Å²) in [7, 11) is 0. The lowest BCUT2D eigenvalue weighted by molar-refractivity contribution is 0.308. The van der Waals surface area contributed by atoms with Crippen LogP contribution in [0.25, 0.3) is 0 Å². The summed E-state index contributed by atoms with van der Waals surface area (Å²) < 4.78 is 30.7. The van der Waals surface area contributed by atoms with Gasteiger partial charge in [0.2, 0.25) is 0 Å². The van der Waals surface area contributed by atoms with Gasteiger partial charge in [-0.3, -0.25) is 0 Å². The Balaban J connectivity index is 2.17. The van der Waals surface area contributed by atoms with E-state index in [4.69, 9.17) is 8.85 Å². The first-order chi connectivity index (χ1) is 9.97. The van der Waals surface area contributed by atoms with E-state index in [0.717, 1.165) is 30.6 Å². The minimum absolute atomic E-state index is 0.332. The van der Waals surface area contributed by atoms with E-state index in [0.29, 0.717) is 18.9 Å². The summed E-state index contributed by atoms with van der Waals surface area (Å²) in [6.07, 6.45) is 1.84. The van der Waals surface area contributed by atoms with E-state index in [1.54, 1.807) is 0 Å². The molecule has 1 unspecified atom stereocenters. The van der Waals surface area contributed by atoms with Crippen LogP contribution in [-0.4, -0.2) is 6.61 Å². The van der Waals surface area contributed by atoms with Crippen LogP contribution in [0.4, 0.5) is 0 Å². The van der Waals surface area contributed by atoms with E-state index >= 15 is 0 Å². The lowest BCUT2D eigenvalue weighted by Crippen LogP contribution is -2.13. The third kappa shape index (κ3) is 3.51. The highest BCUT2D eigenvalue weighted by molar-refractivity contribution is 5.29. The summed E-state index contributed by atoms with van der Waals surface area (Å²) >= 11 is 0. The van der Waals surface area contributed by atoms with Crippen LogP contribution >= 0.6 is 0 Å². The summed E-state index contributed by atoms with van der Waals surface area (Å²) in [5.41, 5.74) is 0.929. The van der Waals surface area contributed by atoms with Gasteiger partial charge in [0.25, 0.3) is 0 Å². The Kier molecular flexibility index (Phi) is 3.75. The molecule has 1 aromatic rings. The molecule has 0 saturated heterocycles. The van der Waals surface area contributed by atoms with Crippen molar-refractivity contribution >= 4 is 0 Å². The fourth-order valence-electron chi connectivity index (χ4n) is 2.61. The van der Waals surface area contributed by atoms with Crippen LogP contribution < -0.4 is 4.74 Å². The lowest BCUT2D eigenvalue weighted by atomic mass is 9.77. The van der Waals surface area contributed by atoms with Crippen LogP contribution in [-0.2, 0) is 0 Å². The van der Waals surface area contributed by atoms with Gasteiger partial charge in [0.05, 0.1) is 6.61 Å². The van der Waals surface area contributed by atoms with Gasteiger partial charge in [-0.1, -0.05) is 31.9 Å². The number of benzene rings is 1. The molecule has 1 heteroatoms. The summed E-state index contributed by atoms with van der Waals surface area (Å²) in [5.74, 6) is 0.829. The van der Waals surface area contributed by atoms with Crippen molar-refractivity contribution in [3.63, 3.8) is 0 Å². The zero-order valence-electron chi connectivity index (χ0n) is 14.5.